The van der Waals surface area contributed by atoms with Gasteiger partial charge in [0.05, 0.1) is 10.5 Å². The minimum absolute atomic E-state index is 0.00104. The number of nitro groups is 1. The van der Waals surface area contributed by atoms with E-state index in [4.69, 9.17) is 17.3 Å². The minimum Gasteiger partial charge on any atom is -0.392 e. The number of nitrogens with zero attached hydrogens (tertiary/aromatic N) is 1. The van der Waals surface area contributed by atoms with Gasteiger partial charge in [0.15, 0.2) is 5.12 Å². The van der Waals surface area contributed by atoms with E-state index >= 15 is 0 Å². The van der Waals surface area contributed by atoms with Crippen LogP contribution in [0.25, 0.3) is 0 Å². The summed E-state index contributed by atoms with van der Waals surface area (Å²) in [4.78, 5) is 20.9. The molecule has 0 bridgehead atoms. The second-order valence-electron chi connectivity index (χ2n) is 3.54. The molecule has 0 fully saturated rings. The van der Waals surface area contributed by atoms with Crippen LogP contribution in [0.15, 0.2) is 12.1 Å². The number of anilines is 1. The lowest BCUT2D eigenvalue weighted by molar-refractivity contribution is -0.383. The fraction of sp³-hybridized carbons (Fsp3) is 0.250. The van der Waals surface area contributed by atoms with Gasteiger partial charge in [-0.05, 0) is 6.07 Å². The maximum atomic E-state index is 10.8. The Bertz CT molecular complexity index is 578. The lowest BCUT2D eigenvalue weighted by atomic mass is 10.1. The van der Waals surface area contributed by atoms with Crippen molar-refractivity contribution in [2.24, 2.45) is 0 Å². The van der Waals surface area contributed by atoms with Crippen molar-refractivity contribution in [2.75, 3.05) is 11.5 Å². The molecule has 7 heteroatoms. The number of nitrogen functional groups attached to an aromatic ring is 1. The van der Waals surface area contributed by atoms with Crippen LogP contribution in [-0.4, -0.2) is 15.8 Å². The third kappa shape index (κ3) is 4.81. The Morgan fingerprint density at radius 1 is 1.58 bits per heavy atom. The number of thioether (sulfide) groups is 1. The Hall–Kier alpha value is -1.71. The SMILES string of the molecule is CC(=O)SCCC#Cc1cc(Cl)cc([N+](=O)[O-])c1N. The van der Waals surface area contributed by atoms with Crippen molar-refractivity contribution in [3.05, 3.63) is 32.8 Å². The van der Waals surface area contributed by atoms with Gasteiger partial charge in [-0.2, -0.15) is 0 Å². The summed E-state index contributed by atoms with van der Waals surface area (Å²) >= 11 is 6.95. The predicted octanol–water partition coefficient (Wildman–Crippen LogP) is 2.85. The van der Waals surface area contributed by atoms with Gasteiger partial charge >= 0.3 is 0 Å². The van der Waals surface area contributed by atoms with E-state index in [0.717, 1.165) is 0 Å². The Morgan fingerprint density at radius 3 is 2.84 bits per heavy atom. The molecule has 1 rings (SSSR count). The first-order chi connectivity index (χ1) is 8.91. The maximum Gasteiger partial charge on any atom is 0.294 e. The summed E-state index contributed by atoms with van der Waals surface area (Å²) < 4.78 is 0. The van der Waals surface area contributed by atoms with Crippen molar-refractivity contribution in [2.45, 2.75) is 13.3 Å². The molecule has 0 unspecified atom stereocenters. The number of hydrogen-bond acceptors (Lipinski definition) is 5. The molecule has 0 saturated carbocycles. The van der Waals surface area contributed by atoms with E-state index in [1.165, 1.54) is 30.8 Å². The monoisotopic (exact) mass is 298 g/mol. The van der Waals surface area contributed by atoms with Gasteiger partial charge in [-0.15, -0.1) is 0 Å². The maximum absolute atomic E-state index is 10.8. The topological polar surface area (TPSA) is 86.2 Å². The Labute approximate surface area is 119 Å². The van der Waals surface area contributed by atoms with Crippen LogP contribution < -0.4 is 5.73 Å². The molecule has 19 heavy (non-hydrogen) atoms. The molecule has 0 atom stereocenters. The van der Waals surface area contributed by atoms with E-state index in [0.29, 0.717) is 17.7 Å². The largest absolute Gasteiger partial charge is 0.392 e. The quantitative estimate of drug-likeness (QED) is 0.305. The van der Waals surface area contributed by atoms with Gasteiger partial charge in [-0.1, -0.05) is 35.2 Å². The number of hydrogen-bond donors (Lipinski definition) is 1. The average molecular weight is 299 g/mol. The van der Waals surface area contributed by atoms with Crippen LogP contribution in [0, 0.1) is 22.0 Å². The van der Waals surface area contributed by atoms with Crippen LogP contribution in [0.1, 0.15) is 18.9 Å². The first kappa shape index (κ1) is 15.3. The zero-order valence-corrected chi connectivity index (χ0v) is 11.7. The Morgan fingerprint density at radius 2 is 2.26 bits per heavy atom. The van der Waals surface area contributed by atoms with Crippen molar-refractivity contribution in [1.29, 1.82) is 0 Å². The number of nitro benzene ring substituents is 1. The zero-order valence-electron chi connectivity index (χ0n) is 10.1. The van der Waals surface area contributed by atoms with E-state index in [9.17, 15) is 14.9 Å². The number of carbonyl (C=O) groups excluding carboxylic acids is 1. The first-order valence-electron chi connectivity index (χ1n) is 5.27. The third-order valence-corrected chi connectivity index (χ3v) is 3.11. The van der Waals surface area contributed by atoms with Crippen LogP contribution in [0.3, 0.4) is 0 Å². The van der Waals surface area contributed by atoms with Crippen molar-refractivity contribution in [3.8, 4) is 11.8 Å². The van der Waals surface area contributed by atoms with Gasteiger partial charge in [0, 0.05) is 30.2 Å². The molecule has 5 nitrogen and oxygen atoms in total. The fourth-order valence-electron chi connectivity index (χ4n) is 1.26. The average Bonchev–Trinajstić information content (AvgIpc) is 2.31. The number of rotatable bonds is 3. The molecular formula is C12H11ClN2O3S. The number of halogens is 1. The molecule has 0 saturated heterocycles. The van der Waals surface area contributed by atoms with Crippen molar-refractivity contribution < 1.29 is 9.72 Å². The molecular weight excluding hydrogens is 288 g/mol. The number of nitrogens with two attached hydrogens (primary N) is 1. The fourth-order valence-corrected chi connectivity index (χ4v) is 1.97. The van der Waals surface area contributed by atoms with E-state index < -0.39 is 4.92 Å². The summed E-state index contributed by atoms with van der Waals surface area (Å²) in [6, 6.07) is 2.67. The van der Waals surface area contributed by atoms with Crippen LogP contribution in [0.4, 0.5) is 11.4 Å². The van der Waals surface area contributed by atoms with E-state index in [-0.39, 0.29) is 21.5 Å². The lowest BCUT2D eigenvalue weighted by Gasteiger charge is -2.01. The lowest BCUT2D eigenvalue weighted by Crippen LogP contribution is -1.98. The molecule has 100 valence electrons. The molecule has 0 heterocycles. The summed E-state index contributed by atoms with van der Waals surface area (Å²) in [5, 5.41) is 11.0. The number of carbonyl (C=O) groups is 1. The van der Waals surface area contributed by atoms with Gasteiger partial charge in [-0.3, -0.25) is 14.9 Å². The van der Waals surface area contributed by atoms with Crippen molar-refractivity contribution in [3.63, 3.8) is 0 Å². The minimum atomic E-state index is -0.599. The summed E-state index contributed by atoms with van der Waals surface area (Å²) in [5.41, 5.74) is 5.73. The molecule has 0 aliphatic carbocycles. The molecule has 0 aliphatic rings. The Kier molecular flexibility index (Phi) is 5.67. The smallest absolute Gasteiger partial charge is 0.294 e. The molecule has 0 spiro atoms. The van der Waals surface area contributed by atoms with Gasteiger partial charge in [0.25, 0.3) is 5.69 Å². The highest BCUT2D eigenvalue weighted by atomic mass is 35.5. The third-order valence-electron chi connectivity index (χ3n) is 2.08. The molecule has 0 aromatic heterocycles. The summed E-state index contributed by atoms with van der Waals surface area (Å²) in [7, 11) is 0. The van der Waals surface area contributed by atoms with Gasteiger partial charge < -0.3 is 5.73 Å². The second-order valence-corrected chi connectivity index (χ2v) is 5.24. The molecule has 2 N–H and O–H groups in total. The summed E-state index contributed by atoms with van der Waals surface area (Å²) in [6.45, 7) is 1.48. The van der Waals surface area contributed by atoms with Gasteiger partial charge in [0.2, 0.25) is 0 Å². The highest BCUT2D eigenvalue weighted by molar-refractivity contribution is 8.13. The first-order valence-corrected chi connectivity index (χ1v) is 6.64. The normalized spacial score (nSPS) is 9.58. The summed E-state index contributed by atoms with van der Waals surface area (Å²) in [5.74, 6) is 6.12. The predicted molar refractivity (Wildman–Crippen MR) is 77.2 cm³/mol. The van der Waals surface area contributed by atoms with Gasteiger partial charge in [-0.25, -0.2) is 0 Å². The summed E-state index contributed by atoms with van der Waals surface area (Å²) in [6.07, 6.45) is 0.490. The van der Waals surface area contributed by atoms with Crippen molar-refractivity contribution >= 4 is 39.9 Å². The molecule has 0 radical (unpaired) electrons. The highest BCUT2D eigenvalue weighted by Crippen LogP contribution is 2.28. The van der Waals surface area contributed by atoms with E-state index in [1.54, 1.807) is 0 Å². The standard InChI is InChI=1S/C12H11ClN2O3S/c1-8(16)19-5-3-2-4-9-6-10(13)7-11(12(9)14)15(17)18/h6-7H,3,5,14H2,1H3. The van der Waals surface area contributed by atoms with Crippen LogP contribution in [-0.2, 0) is 4.79 Å². The zero-order chi connectivity index (χ0) is 14.4. The number of benzene rings is 1. The van der Waals surface area contributed by atoms with E-state index in [1.807, 2.05) is 0 Å². The van der Waals surface area contributed by atoms with Gasteiger partial charge in [0.1, 0.15) is 5.69 Å². The highest BCUT2D eigenvalue weighted by Gasteiger charge is 2.15. The van der Waals surface area contributed by atoms with Crippen molar-refractivity contribution in [1.82, 2.24) is 0 Å². The van der Waals surface area contributed by atoms with Crippen LogP contribution in [0.5, 0.6) is 0 Å². The van der Waals surface area contributed by atoms with Crippen LogP contribution in [0.2, 0.25) is 5.02 Å². The Balaban J connectivity index is 2.87. The molecule has 0 amide bonds. The van der Waals surface area contributed by atoms with E-state index in [2.05, 4.69) is 11.8 Å². The molecule has 0 aliphatic heterocycles. The molecule has 1 aromatic rings. The second kappa shape index (κ2) is 7.02. The van der Waals surface area contributed by atoms with Crippen LogP contribution >= 0.6 is 23.4 Å². The molecule has 1 aromatic carbocycles.